The molecule has 0 atom stereocenters. The van der Waals surface area contributed by atoms with E-state index in [-0.39, 0.29) is 11.8 Å². The molecular weight excluding hydrogens is 220 g/mol. The molecule has 1 heterocycles. The minimum Gasteiger partial charge on any atom is -0.409 e. The van der Waals surface area contributed by atoms with Crippen LogP contribution in [0.25, 0.3) is 0 Å². The fraction of sp³-hybridized carbons (Fsp3) is 0.818. The van der Waals surface area contributed by atoms with E-state index >= 15 is 0 Å². The maximum Gasteiger partial charge on any atom is 0.225 e. The van der Waals surface area contributed by atoms with Gasteiger partial charge in [-0.1, -0.05) is 11.6 Å². The Morgan fingerprint density at radius 2 is 1.94 bits per heavy atom. The minimum absolute atomic E-state index is 0.226. The number of carbonyl (C=O) groups excluding carboxylic acids is 1. The molecule has 17 heavy (non-hydrogen) atoms. The molecule has 1 saturated carbocycles. The van der Waals surface area contributed by atoms with E-state index in [0.29, 0.717) is 12.5 Å². The van der Waals surface area contributed by atoms with Crippen molar-refractivity contribution in [2.75, 3.05) is 32.7 Å². The molecule has 0 unspecified atom stereocenters. The summed E-state index contributed by atoms with van der Waals surface area (Å²) in [4.78, 5) is 16.0. The third-order valence-corrected chi connectivity index (χ3v) is 3.65. The number of oxime groups is 1. The van der Waals surface area contributed by atoms with Crippen LogP contribution in [-0.4, -0.2) is 59.5 Å². The summed E-state index contributed by atoms with van der Waals surface area (Å²) in [6.07, 6.45) is 3.31. The van der Waals surface area contributed by atoms with Gasteiger partial charge in [0.05, 0.1) is 6.54 Å². The molecular formula is C11H20N4O2. The van der Waals surface area contributed by atoms with Gasteiger partial charge in [0.2, 0.25) is 5.91 Å². The highest BCUT2D eigenvalue weighted by Gasteiger charge is 2.31. The highest BCUT2D eigenvalue weighted by molar-refractivity contribution is 5.82. The Morgan fingerprint density at radius 3 is 2.41 bits per heavy atom. The fourth-order valence-corrected chi connectivity index (χ4v) is 2.30. The Morgan fingerprint density at radius 1 is 1.29 bits per heavy atom. The van der Waals surface area contributed by atoms with Crippen molar-refractivity contribution in [3.63, 3.8) is 0 Å². The molecule has 2 rings (SSSR count). The number of carbonyl (C=O) groups is 1. The Kier molecular flexibility index (Phi) is 3.83. The number of nitrogens with zero attached hydrogens (tertiary/aromatic N) is 3. The highest BCUT2D eigenvalue weighted by atomic mass is 16.4. The third kappa shape index (κ3) is 2.88. The Balaban J connectivity index is 1.75. The Bertz CT molecular complexity index is 307. The molecule has 0 bridgehead atoms. The summed E-state index contributed by atoms with van der Waals surface area (Å²) in [6, 6.07) is 0. The van der Waals surface area contributed by atoms with Crippen LogP contribution < -0.4 is 5.73 Å². The first kappa shape index (κ1) is 12.2. The Hall–Kier alpha value is -1.30. The van der Waals surface area contributed by atoms with E-state index in [1.54, 1.807) is 0 Å². The molecule has 6 nitrogen and oxygen atoms in total. The van der Waals surface area contributed by atoms with Crippen molar-refractivity contribution in [1.82, 2.24) is 9.80 Å². The van der Waals surface area contributed by atoms with Crippen LogP contribution in [0.3, 0.4) is 0 Å². The molecule has 6 heteroatoms. The first-order chi connectivity index (χ1) is 8.20. The van der Waals surface area contributed by atoms with E-state index in [1.807, 2.05) is 4.90 Å². The summed E-state index contributed by atoms with van der Waals surface area (Å²) in [5.41, 5.74) is 5.45. The van der Waals surface area contributed by atoms with Crippen LogP contribution in [-0.2, 0) is 4.79 Å². The van der Waals surface area contributed by atoms with E-state index < -0.39 is 0 Å². The second kappa shape index (κ2) is 5.35. The molecule has 3 N–H and O–H groups in total. The van der Waals surface area contributed by atoms with Gasteiger partial charge >= 0.3 is 0 Å². The normalized spacial score (nSPS) is 23.5. The number of amidine groups is 1. The molecule has 2 aliphatic rings. The van der Waals surface area contributed by atoms with Crippen LogP contribution in [0.2, 0.25) is 0 Å². The molecule has 0 spiro atoms. The van der Waals surface area contributed by atoms with Crippen molar-refractivity contribution in [3.05, 3.63) is 0 Å². The van der Waals surface area contributed by atoms with Crippen molar-refractivity contribution in [3.8, 4) is 0 Å². The summed E-state index contributed by atoms with van der Waals surface area (Å²) < 4.78 is 0. The highest BCUT2D eigenvalue weighted by Crippen LogP contribution is 2.28. The molecule has 1 saturated heterocycles. The van der Waals surface area contributed by atoms with Crippen molar-refractivity contribution in [2.45, 2.75) is 19.3 Å². The number of rotatable bonds is 3. The summed E-state index contributed by atoms with van der Waals surface area (Å²) in [7, 11) is 0. The smallest absolute Gasteiger partial charge is 0.225 e. The first-order valence-corrected chi connectivity index (χ1v) is 6.18. The zero-order valence-corrected chi connectivity index (χ0v) is 10.0. The van der Waals surface area contributed by atoms with Gasteiger partial charge in [0.1, 0.15) is 0 Å². The lowest BCUT2D eigenvalue weighted by molar-refractivity contribution is -0.139. The monoisotopic (exact) mass is 240 g/mol. The van der Waals surface area contributed by atoms with Crippen molar-refractivity contribution in [1.29, 1.82) is 0 Å². The molecule has 0 aromatic carbocycles. The van der Waals surface area contributed by atoms with Gasteiger partial charge in [-0.05, 0) is 12.8 Å². The van der Waals surface area contributed by atoms with Crippen LogP contribution in [0.4, 0.5) is 0 Å². The molecule has 1 aliphatic carbocycles. The van der Waals surface area contributed by atoms with Crippen molar-refractivity contribution in [2.24, 2.45) is 16.8 Å². The first-order valence-electron chi connectivity index (χ1n) is 6.18. The quantitative estimate of drug-likeness (QED) is 0.306. The second-order valence-corrected chi connectivity index (χ2v) is 4.82. The van der Waals surface area contributed by atoms with E-state index in [9.17, 15) is 4.79 Å². The molecule has 2 fully saturated rings. The third-order valence-electron chi connectivity index (χ3n) is 3.65. The lowest BCUT2D eigenvalue weighted by Crippen LogP contribution is -2.52. The fourth-order valence-electron chi connectivity index (χ4n) is 2.30. The molecule has 0 aromatic rings. The minimum atomic E-state index is 0.226. The molecule has 0 aromatic heterocycles. The number of piperazine rings is 1. The van der Waals surface area contributed by atoms with Gasteiger partial charge in [-0.2, -0.15) is 0 Å². The zero-order chi connectivity index (χ0) is 12.3. The zero-order valence-electron chi connectivity index (χ0n) is 10.0. The number of nitrogens with two attached hydrogens (primary N) is 1. The molecule has 1 amide bonds. The second-order valence-electron chi connectivity index (χ2n) is 4.82. The summed E-state index contributed by atoms with van der Waals surface area (Å²) in [6.45, 7) is 3.59. The molecule has 0 radical (unpaired) electrons. The average Bonchev–Trinajstić information content (AvgIpc) is 2.27. The van der Waals surface area contributed by atoms with Gasteiger partial charge in [0, 0.05) is 32.1 Å². The van der Waals surface area contributed by atoms with Crippen LogP contribution in [0.1, 0.15) is 19.3 Å². The lowest BCUT2D eigenvalue weighted by atomic mass is 9.84. The van der Waals surface area contributed by atoms with Gasteiger partial charge in [0.15, 0.2) is 5.84 Å². The van der Waals surface area contributed by atoms with Gasteiger partial charge in [-0.25, -0.2) is 0 Å². The predicted octanol–water partition coefficient (Wildman–Crippen LogP) is -0.323. The molecule has 96 valence electrons. The lowest BCUT2D eigenvalue weighted by Gasteiger charge is -2.38. The predicted molar refractivity (Wildman–Crippen MR) is 63.8 cm³/mol. The van der Waals surface area contributed by atoms with E-state index in [4.69, 9.17) is 10.9 Å². The van der Waals surface area contributed by atoms with Gasteiger partial charge in [-0.15, -0.1) is 0 Å². The maximum absolute atomic E-state index is 12.0. The van der Waals surface area contributed by atoms with Crippen molar-refractivity contribution >= 4 is 11.7 Å². The topological polar surface area (TPSA) is 82.2 Å². The average molecular weight is 240 g/mol. The van der Waals surface area contributed by atoms with Crippen LogP contribution in [0.5, 0.6) is 0 Å². The number of hydrogen-bond acceptors (Lipinski definition) is 4. The van der Waals surface area contributed by atoms with Crippen LogP contribution in [0, 0.1) is 5.92 Å². The summed E-state index contributed by atoms with van der Waals surface area (Å²) >= 11 is 0. The van der Waals surface area contributed by atoms with Crippen LogP contribution >= 0.6 is 0 Å². The number of amides is 1. The SMILES string of the molecule is NC(CN1CCN(C(=O)C2CCC2)CC1)=NO. The number of hydrogen-bond donors (Lipinski definition) is 2. The van der Waals surface area contributed by atoms with E-state index in [2.05, 4.69) is 10.1 Å². The van der Waals surface area contributed by atoms with Crippen molar-refractivity contribution < 1.29 is 10.0 Å². The van der Waals surface area contributed by atoms with Gasteiger partial charge in [0.25, 0.3) is 0 Å². The Labute approximate surface area is 101 Å². The van der Waals surface area contributed by atoms with Crippen LogP contribution in [0.15, 0.2) is 5.16 Å². The standard InChI is InChI=1S/C11H20N4O2/c12-10(13-17)8-14-4-6-15(7-5-14)11(16)9-2-1-3-9/h9,17H,1-8H2,(H2,12,13). The summed E-state index contributed by atoms with van der Waals surface area (Å²) in [5, 5.41) is 11.4. The molecule has 1 aliphatic heterocycles. The van der Waals surface area contributed by atoms with E-state index in [1.165, 1.54) is 6.42 Å². The van der Waals surface area contributed by atoms with Gasteiger partial charge < -0.3 is 15.8 Å². The maximum atomic E-state index is 12.0. The van der Waals surface area contributed by atoms with E-state index in [0.717, 1.165) is 39.0 Å². The van der Waals surface area contributed by atoms with Gasteiger partial charge in [-0.3, -0.25) is 9.69 Å². The summed E-state index contributed by atoms with van der Waals surface area (Å²) in [5.74, 6) is 0.828. The largest absolute Gasteiger partial charge is 0.409 e.